The topological polar surface area (TPSA) is 52.7 Å². The van der Waals surface area contributed by atoms with Crippen molar-refractivity contribution in [2.45, 2.75) is 45.1 Å². The molecule has 1 unspecified atom stereocenters. The Morgan fingerprint density at radius 2 is 1.90 bits per heavy atom. The van der Waals surface area contributed by atoms with E-state index in [-0.39, 0.29) is 11.8 Å². The maximum absolute atomic E-state index is 12.7. The Balaban J connectivity index is 2.02. The number of piperidine rings is 1. The molecule has 0 saturated carbocycles. The zero-order chi connectivity index (χ0) is 14.8. The van der Waals surface area contributed by atoms with E-state index >= 15 is 0 Å². The first-order valence-electron chi connectivity index (χ1n) is 7.73. The van der Waals surface area contributed by atoms with Gasteiger partial charge in [0.25, 0.3) is 0 Å². The average molecular weight is 281 g/mol. The van der Waals surface area contributed by atoms with E-state index in [0.717, 1.165) is 32.5 Å². The smallest absolute Gasteiger partial charge is 0.248 e. The van der Waals surface area contributed by atoms with Crippen LogP contribution in [0.4, 0.5) is 0 Å². The second-order valence-electron chi connectivity index (χ2n) is 6.48. The maximum atomic E-state index is 12.7. The Morgan fingerprint density at radius 3 is 2.50 bits per heavy atom. The first-order valence-corrected chi connectivity index (χ1v) is 7.73. The van der Waals surface area contributed by atoms with Gasteiger partial charge in [-0.2, -0.15) is 0 Å². The Bertz CT molecular complexity index is 377. The molecule has 0 spiro atoms. The molecule has 2 saturated heterocycles. The molecule has 0 radical (unpaired) electrons. The summed E-state index contributed by atoms with van der Waals surface area (Å²) >= 11 is 0. The Labute approximate surface area is 121 Å². The zero-order valence-corrected chi connectivity index (χ0v) is 12.9. The van der Waals surface area contributed by atoms with Crippen LogP contribution < -0.4 is 5.32 Å². The minimum absolute atomic E-state index is 0.00595. The lowest BCUT2D eigenvalue weighted by molar-refractivity contribution is -0.139. The highest BCUT2D eigenvalue weighted by molar-refractivity contribution is 5.93. The van der Waals surface area contributed by atoms with Crippen LogP contribution in [0.15, 0.2) is 0 Å². The van der Waals surface area contributed by atoms with Gasteiger partial charge in [0, 0.05) is 19.5 Å². The highest BCUT2D eigenvalue weighted by Crippen LogP contribution is 2.22. The molecule has 1 N–H and O–H groups in total. The number of nitrogens with one attached hydrogen (secondary N) is 1. The van der Waals surface area contributed by atoms with Crippen molar-refractivity contribution in [2.24, 2.45) is 5.92 Å². The second kappa shape index (κ2) is 6.12. The highest BCUT2D eigenvalue weighted by atomic mass is 16.2. The molecule has 2 rings (SSSR count). The second-order valence-corrected chi connectivity index (χ2v) is 6.48. The number of carbonyl (C=O) groups excluding carboxylic acids is 2. The van der Waals surface area contributed by atoms with Crippen molar-refractivity contribution >= 4 is 11.8 Å². The zero-order valence-electron chi connectivity index (χ0n) is 12.9. The van der Waals surface area contributed by atoms with Gasteiger partial charge in [0.15, 0.2) is 0 Å². The minimum atomic E-state index is -0.723. The van der Waals surface area contributed by atoms with Crippen LogP contribution in [0, 0.1) is 5.92 Å². The first kappa shape index (κ1) is 15.3. The molecular weight excluding hydrogens is 254 g/mol. The third kappa shape index (κ3) is 3.32. The summed E-state index contributed by atoms with van der Waals surface area (Å²) < 4.78 is 0. The van der Waals surface area contributed by atoms with Gasteiger partial charge in [0.1, 0.15) is 5.54 Å². The Hall–Kier alpha value is -1.10. The van der Waals surface area contributed by atoms with Crippen LogP contribution in [0.3, 0.4) is 0 Å². The van der Waals surface area contributed by atoms with E-state index < -0.39 is 5.54 Å². The normalized spacial score (nSPS) is 30.2. The van der Waals surface area contributed by atoms with E-state index in [0.29, 0.717) is 25.3 Å². The summed E-state index contributed by atoms with van der Waals surface area (Å²) in [5, 5.41) is 2.89. The van der Waals surface area contributed by atoms with Crippen molar-refractivity contribution in [1.82, 2.24) is 15.1 Å². The Morgan fingerprint density at radius 1 is 1.25 bits per heavy atom. The van der Waals surface area contributed by atoms with Crippen LogP contribution in [0.25, 0.3) is 0 Å². The van der Waals surface area contributed by atoms with E-state index in [9.17, 15) is 9.59 Å². The third-order valence-corrected chi connectivity index (χ3v) is 4.81. The van der Waals surface area contributed by atoms with Gasteiger partial charge in [-0.1, -0.05) is 6.92 Å². The van der Waals surface area contributed by atoms with E-state index in [2.05, 4.69) is 17.3 Å². The van der Waals surface area contributed by atoms with Gasteiger partial charge >= 0.3 is 0 Å². The molecule has 114 valence electrons. The molecule has 2 heterocycles. The maximum Gasteiger partial charge on any atom is 0.248 e. The molecule has 1 atom stereocenters. The van der Waals surface area contributed by atoms with Crippen molar-refractivity contribution in [1.29, 1.82) is 0 Å². The first-order chi connectivity index (χ1) is 9.44. The number of carbonyl (C=O) groups is 2. The monoisotopic (exact) mass is 281 g/mol. The van der Waals surface area contributed by atoms with E-state index in [4.69, 9.17) is 0 Å². The van der Waals surface area contributed by atoms with E-state index in [1.165, 1.54) is 0 Å². The van der Waals surface area contributed by atoms with Crippen LogP contribution in [-0.2, 0) is 9.59 Å². The predicted molar refractivity (Wildman–Crippen MR) is 78.3 cm³/mol. The summed E-state index contributed by atoms with van der Waals surface area (Å²) in [4.78, 5) is 28.7. The molecule has 5 heteroatoms. The van der Waals surface area contributed by atoms with Crippen LogP contribution in [-0.4, -0.2) is 60.4 Å². The van der Waals surface area contributed by atoms with Crippen LogP contribution in [0.1, 0.15) is 39.5 Å². The van der Waals surface area contributed by atoms with Crippen molar-refractivity contribution in [3.63, 3.8) is 0 Å². The fraction of sp³-hybridized carbons (Fsp3) is 0.867. The standard InChI is InChI=1S/C15H27N3O2/c1-4-15(2)14(20)18(10-7-13(19)16-15)11-12-5-8-17(3)9-6-12/h12H,4-11H2,1-3H3,(H,16,19). The van der Waals surface area contributed by atoms with Gasteiger partial charge in [-0.3, -0.25) is 9.59 Å². The average Bonchev–Trinajstić information content (AvgIpc) is 2.53. The fourth-order valence-electron chi connectivity index (χ4n) is 3.08. The summed E-state index contributed by atoms with van der Waals surface area (Å²) in [6, 6.07) is 0. The van der Waals surface area contributed by atoms with Crippen LogP contribution in [0.2, 0.25) is 0 Å². The number of hydrogen-bond donors (Lipinski definition) is 1. The predicted octanol–water partition coefficient (Wildman–Crippen LogP) is 0.845. The fourth-order valence-corrected chi connectivity index (χ4v) is 3.08. The number of hydrogen-bond acceptors (Lipinski definition) is 3. The van der Waals surface area contributed by atoms with Gasteiger partial charge in [0.05, 0.1) is 0 Å². The quantitative estimate of drug-likeness (QED) is 0.834. The SMILES string of the molecule is CCC1(C)NC(=O)CCN(CC2CCN(C)CC2)C1=O. The summed E-state index contributed by atoms with van der Waals surface area (Å²) in [5.41, 5.74) is -0.723. The summed E-state index contributed by atoms with van der Waals surface area (Å²) in [5.74, 6) is 0.655. The molecule has 2 aliphatic heterocycles. The van der Waals surface area contributed by atoms with E-state index in [1.54, 1.807) is 0 Å². The van der Waals surface area contributed by atoms with Crippen molar-refractivity contribution < 1.29 is 9.59 Å². The molecule has 0 aromatic heterocycles. The van der Waals surface area contributed by atoms with Crippen LogP contribution in [0.5, 0.6) is 0 Å². The minimum Gasteiger partial charge on any atom is -0.342 e. The molecule has 0 aromatic rings. The molecule has 5 nitrogen and oxygen atoms in total. The number of rotatable bonds is 3. The van der Waals surface area contributed by atoms with Gasteiger partial charge in [-0.05, 0) is 52.2 Å². The Kier molecular flexibility index (Phi) is 4.68. The van der Waals surface area contributed by atoms with Gasteiger partial charge < -0.3 is 15.1 Å². The van der Waals surface area contributed by atoms with Crippen LogP contribution >= 0.6 is 0 Å². The molecule has 0 aromatic carbocycles. The van der Waals surface area contributed by atoms with Gasteiger partial charge in [-0.25, -0.2) is 0 Å². The van der Waals surface area contributed by atoms with Crippen molar-refractivity contribution in [2.75, 3.05) is 33.2 Å². The third-order valence-electron chi connectivity index (χ3n) is 4.81. The summed E-state index contributed by atoms with van der Waals surface area (Å²) in [7, 11) is 2.14. The van der Waals surface area contributed by atoms with Gasteiger partial charge in [-0.15, -0.1) is 0 Å². The molecule has 2 amide bonds. The van der Waals surface area contributed by atoms with Crippen molar-refractivity contribution in [3.05, 3.63) is 0 Å². The summed E-state index contributed by atoms with van der Waals surface area (Å²) in [6.45, 7) is 7.38. The number of likely N-dealkylation sites (tertiary alicyclic amines) is 1. The molecule has 0 bridgehead atoms. The lowest BCUT2D eigenvalue weighted by Gasteiger charge is -2.35. The molecule has 20 heavy (non-hydrogen) atoms. The van der Waals surface area contributed by atoms with E-state index in [1.807, 2.05) is 18.7 Å². The largest absolute Gasteiger partial charge is 0.342 e. The highest BCUT2D eigenvalue weighted by Gasteiger charge is 2.39. The molecular formula is C15H27N3O2. The van der Waals surface area contributed by atoms with Crippen molar-refractivity contribution in [3.8, 4) is 0 Å². The summed E-state index contributed by atoms with van der Waals surface area (Å²) in [6.07, 6.45) is 3.35. The number of amides is 2. The lowest BCUT2D eigenvalue weighted by atomic mass is 9.94. The molecule has 0 aliphatic carbocycles. The lowest BCUT2D eigenvalue weighted by Crippen LogP contribution is -2.55. The van der Waals surface area contributed by atoms with Gasteiger partial charge in [0.2, 0.25) is 11.8 Å². The number of nitrogens with zero attached hydrogens (tertiary/aromatic N) is 2. The molecule has 2 aliphatic rings. The molecule has 2 fully saturated rings.